The van der Waals surface area contributed by atoms with Crippen LogP contribution in [0.3, 0.4) is 0 Å². The maximum atomic E-state index is 3.78. The second kappa shape index (κ2) is 3.06. The van der Waals surface area contributed by atoms with Crippen LogP contribution in [0.1, 0.15) is 29.9 Å². The fourth-order valence-electron chi connectivity index (χ4n) is 1.39. The van der Waals surface area contributed by atoms with Crippen LogP contribution in [-0.2, 0) is 0 Å². The number of halogens is 1. The molecule has 12 heavy (non-hydrogen) atoms. The molecule has 1 aromatic rings. The molecule has 0 spiro atoms. The van der Waals surface area contributed by atoms with Crippen molar-refractivity contribution in [3.8, 4) is 0 Å². The van der Waals surface area contributed by atoms with Gasteiger partial charge >= 0.3 is 0 Å². The first kappa shape index (κ1) is 8.06. The van der Waals surface area contributed by atoms with Crippen molar-refractivity contribution in [1.29, 1.82) is 0 Å². The van der Waals surface area contributed by atoms with Crippen LogP contribution in [0.25, 0.3) is 6.08 Å². The molecule has 1 aromatic carbocycles. The van der Waals surface area contributed by atoms with Crippen LogP contribution in [0.15, 0.2) is 29.3 Å². The summed E-state index contributed by atoms with van der Waals surface area (Å²) in [5.74, 6) is 0.830. The molecule has 0 N–H and O–H groups in total. The second-order valence-corrected chi connectivity index (χ2v) is 4.11. The first-order valence-electron chi connectivity index (χ1n) is 4.23. The van der Waals surface area contributed by atoms with Gasteiger partial charge in [0.2, 0.25) is 0 Å². The molecule has 1 aliphatic rings. The number of benzene rings is 1. The van der Waals surface area contributed by atoms with Crippen molar-refractivity contribution in [2.45, 2.75) is 18.8 Å². The first-order chi connectivity index (χ1) is 5.81. The van der Waals surface area contributed by atoms with Gasteiger partial charge in [0.1, 0.15) is 0 Å². The highest BCUT2D eigenvalue weighted by molar-refractivity contribution is 9.10. The van der Waals surface area contributed by atoms with Gasteiger partial charge in [-0.2, -0.15) is 0 Å². The van der Waals surface area contributed by atoms with Gasteiger partial charge in [0.25, 0.3) is 0 Å². The minimum Gasteiger partial charge on any atom is -0.0984 e. The zero-order valence-electron chi connectivity index (χ0n) is 6.89. The molecule has 0 atom stereocenters. The normalized spacial score (nSPS) is 16.1. The summed E-state index contributed by atoms with van der Waals surface area (Å²) in [5.41, 5.74) is 2.67. The zero-order valence-corrected chi connectivity index (χ0v) is 8.47. The standard InChI is InChI=1S/C11H11Br/c1-2-8-7-10(9-3-4-9)5-6-11(8)12/h2,5-7,9H,1,3-4H2. The molecule has 0 aliphatic heterocycles. The highest BCUT2D eigenvalue weighted by atomic mass is 79.9. The van der Waals surface area contributed by atoms with E-state index >= 15 is 0 Å². The largest absolute Gasteiger partial charge is 0.0984 e. The van der Waals surface area contributed by atoms with Crippen molar-refractivity contribution in [2.24, 2.45) is 0 Å². The fraction of sp³-hybridized carbons (Fsp3) is 0.273. The Balaban J connectivity index is 2.39. The third-order valence-corrected chi connectivity index (χ3v) is 3.01. The van der Waals surface area contributed by atoms with Crippen LogP contribution in [0, 0.1) is 0 Å². The molecular weight excluding hydrogens is 212 g/mol. The summed E-state index contributed by atoms with van der Waals surface area (Å²) in [5, 5.41) is 0. The Morgan fingerprint density at radius 3 is 2.75 bits per heavy atom. The Morgan fingerprint density at radius 2 is 2.17 bits per heavy atom. The fourth-order valence-corrected chi connectivity index (χ4v) is 1.80. The summed E-state index contributed by atoms with van der Waals surface area (Å²) < 4.78 is 1.14. The van der Waals surface area contributed by atoms with Gasteiger partial charge in [-0.25, -0.2) is 0 Å². The molecule has 0 radical (unpaired) electrons. The smallest absolute Gasteiger partial charge is 0.0247 e. The van der Waals surface area contributed by atoms with Crippen LogP contribution >= 0.6 is 15.9 Å². The lowest BCUT2D eigenvalue weighted by atomic mass is 10.1. The van der Waals surface area contributed by atoms with Crippen molar-refractivity contribution in [3.05, 3.63) is 40.4 Å². The number of rotatable bonds is 2. The molecule has 0 heterocycles. The maximum absolute atomic E-state index is 3.78. The van der Waals surface area contributed by atoms with E-state index in [0.717, 1.165) is 10.4 Å². The summed E-state index contributed by atoms with van der Waals surface area (Å²) in [6.07, 6.45) is 4.62. The molecule has 0 bridgehead atoms. The molecule has 1 aliphatic carbocycles. The van der Waals surface area contributed by atoms with Gasteiger partial charge in [-0.3, -0.25) is 0 Å². The predicted molar refractivity (Wildman–Crippen MR) is 56.2 cm³/mol. The Bertz CT molecular complexity index is 311. The van der Waals surface area contributed by atoms with E-state index in [2.05, 4.69) is 40.7 Å². The molecule has 1 heteroatoms. The lowest BCUT2D eigenvalue weighted by Gasteiger charge is -2.02. The number of hydrogen-bond donors (Lipinski definition) is 0. The van der Waals surface area contributed by atoms with Gasteiger partial charge < -0.3 is 0 Å². The zero-order chi connectivity index (χ0) is 8.55. The van der Waals surface area contributed by atoms with Gasteiger partial charge in [0, 0.05) is 4.47 Å². The minimum absolute atomic E-state index is 0.830. The first-order valence-corrected chi connectivity index (χ1v) is 5.02. The number of hydrogen-bond acceptors (Lipinski definition) is 0. The van der Waals surface area contributed by atoms with Crippen LogP contribution < -0.4 is 0 Å². The van der Waals surface area contributed by atoms with E-state index in [0.29, 0.717) is 0 Å². The monoisotopic (exact) mass is 222 g/mol. The van der Waals surface area contributed by atoms with E-state index in [1.807, 2.05) is 6.08 Å². The lowest BCUT2D eigenvalue weighted by molar-refractivity contribution is 1.13. The van der Waals surface area contributed by atoms with Crippen molar-refractivity contribution >= 4 is 22.0 Å². The van der Waals surface area contributed by atoms with Crippen LogP contribution in [0.4, 0.5) is 0 Å². The Labute approximate surface area is 81.4 Å². The Morgan fingerprint density at radius 1 is 1.42 bits per heavy atom. The molecule has 1 fully saturated rings. The molecule has 0 amide bonds. The third kappa shape index (κ3) is 1.46. The Kier molecular flexibility index (Phi) is 2.05. The van der Waals surface area contributed by atoms with Crippen LogP contribution in [0.5, 0.6) is 0 Å². The molecule has 0 aromatic heterocycles. The summed E-state index contributed by atoms with van der Waals surface area (Å²) in [6, 6.07) is 6.55. The van der Waals surface area contributed by atoms with E-state index in [4.69, 9.17) is 0 Å². The van der Waals surface area contributed by atoms with E-state index in [1.54, 1.807) is 0 Å². The summed E-state index contributed by atoms with van der Waals surface area (Å²) in [7, 11) is 0. The van der Waals surface area contributed by atoms with Gasteiger partial charge in [-0.15, -0.1) is 0 Å². The molecule has 0 nitrogen and oxygen atoms in total. The molecule has 0 unspecified atom stereocenters. The molecule has 0 saturated heterocycles. The molecule has 1 saturated carbocycles. The van der Waals surface area contributed by atoms with Crippen molar-refractivity contribution in [1.82, 2.24) is 0 Å². The van der Waals surface area contributed by atoms with E-state index in [9.17, 15) is 0 Å². The van der Waals surface area contributed by atoms with Gasteiger partial charge in [0.05, 0.1) is 0 Å². The van der Waals surface area contributed by atoms with Crippen LogP contribution in [0.2, 0.25) is 0 Å². The highest BCUT2D eigenvalue weighted by Crippen LogP contribution is 2.41. The summed E-state index contributed by atoms with van der Waals surface area (Å²) in [6.45, 7) is 3.78. The average molecular weight is 223 g/mol. The van der Waals surface area contributed by atoms with E-state index in [1.165, 1.54) is 24.0 Å². The summed E-state index contributed by atoms with van der Waals surface area (Å²) >= 11 is 3.49. The quantitative estimate of drug-likeness (QED) is 0.711. The van der Waals surface area contributed by atoms with E-state index in [-0.39, 0.29) is 0 Å². The van der Waals surface area contributed by atoms with Crippen molar-refractivity contribution < 1.29 is 0 Å². The van der Waals surface area contributed by atoms with E-state index < -0.39 is 0 Å². The highest BCUT2D eigenvalue weighted by Gasteiger charge is 2.23. The summed E-state index contributed by atoms with van der Waals surface area (Å²) in [4.78, 5) is 0. The third-order valence-electron chi connectivity index (χ3n) is 2.29. The predicted octanol–water partition coefficient (Wildman–Crippen LogP) is 3.97. The maximum Gasteiger partial charge on any atom is 0.0247 e. The minimum atomic E-state index is 0.830. The van der Waals surface area contributed by atoms with Crippen LogP contribution in [-0.4, -0.2) is 0 Å². The lowest BCUT2D eigenvalue weighted by Crippen LogP contribution is -1.81. The SMILES string of the molecule is C=Cc1cc(C2CC2)ccc1Br. The molecule has 2 rings (SSSR count). The molecule has 62 valence electrons. The van der Waals surface area contributed by atoms with Gasteiger partial charge in [-0.05, 0) is 36.0 Å². The topological polar surface area (TPSA) is 0 Å². The van der Waals surface area contributed by atoms with Crippen molar-refractivity contribution in [2.75, 3.05) is 0 Å². The molecular formula is C11H11Br. The van der Waals surface area contributed by atoms with Gasteiger partial charge in [-0.1, -0.05) is 40.7 Å². The van der Waals surface area contributed by atoms with Crippen molar-refractivity contribution in [3.63, 3.8) is 0 Å². The van der Waals surface area contributed by atoms with Gasteiger partial charge in [0.15, 0.2) is 0 Å². The second-order valence-electron chi connectivity index (χ2n) is 3.26. The Hall–Kier alpha value is -0.560. The average Bonchev–Trinajstić information content (AvgIpc) is 2.88.